The van der Waals surface area contributed by atoms with Gasteiger partial charge in [0, 0.05) is 23.9 Å². The van der Waals surface area contributed by atoms with E-state index >= 15 is 0 Å². The first-order chi connectivity index (χ1) is 8.36. The van der Waals surface area contributed by atoms with E-state index in [2.05, 4.69) is 16.7 Å². The van der Waals surface area contributed by atoms with E-state index in [0.29, 0.717) is 5.54 Å². The van der Waals surface area contributed by atoms with Crippen LogP contribution in [0.3, 0.4) is 0 Å². The maximum Gasteiger partial charge on any atom is 0.0425 e. The van der Waals surface area contributed by atoms with Gasteiger partial charge in [0.2, 0.25) is 0 Å². The molecule has 98 valence electrons. The first-order valence-electron chi connectivity index (χ1n) is 7.40. The normalized spacial score (nSPS) is 43.6. The number of hydrogen-bond donors (Lipinski definition) is 1. The first-order valence-corrected chi connectivity index (χ1v) is 8.56. The molecule has 1 aliphatic carbocycles. The quantitative estimate of drug-likeness (QED) is 0.821. The zero-order chi connectivity index (χ0) is 11.7. The van der Waals surface area contributed by atoms with Crippen LogP contribution in [-0.2, 0) is 0 Å². The van der Waals surface area contributed by atoms with Crippen LogP contribution >= 0.6 is 11.8 Å². The summed E-state index contributed by atoms with van der Waals surface area (Å²) in [5, 5.41) is 0. The van der Waals surface area contributed by atoms with Crippen LogP contribution in [0.25, 0.3) is 0 Å². The lowest BCUT2D eigenvalue weighted by atomic mass is 9.84. The van der Waals surface area contributed by atoms with E-state index in [0.717, 1.165) is 18.5 Å². The molecular weight excluding hydrogens is 228 g/mol. The Labute approximate surface area is 110 Å². The highest BCUT2D eigenvalue weighted by Crippen LogP contribution is 2.43. The van der Waals surface area contributed by atoms with Crippen LogP contribution in [-0.4, -0.2) is 41.1 Å². The summed E-state index contributed by atoms with van der Waals surface area (Å²) in [6.07, 6.45) is 9.99. The largest absolute Gasteiger partial charge is 0.329 e. The third-order valence-corrected chi connectivity index (χ3v) is 6.60. The Bertz CT molecular complexity index is 263. The summed E-state index contributed by atoms with van der Waals surface area (Å²) in [4.78, 5) is 2.86. The zero-order valence-electron chi connectivity index (χ0n) is 10.9. The number of likely N-dealkylation sites (tertiary alicyclic amines) is 1. The number of nitrogens with zero attached hydrogens (tertiary/aromatic N) is 1. The Balaban J connectivity index is 1.79. The number of thioether (sulfide) groups is 1. The molecular formula is C14H26N2S. The van der Waals surface area contributed by atoms with E-state index in [9.17, 15) is 0 Å². The summed E-state index contributed by atoms with van der Waals surface area (Å²) in [6.45, 7) is 2.20. The molecule has 2 nitrogen and oxygen atoms in total. The van der Waals surface area contributed by atoms with Crippen LogP contribution in [0.5, 0.6) is 0 Å². The molecule has 3 aliphatic rings. The number of rotatable bonds is 2. The zero-order valence-corrected chi connectivity index (χ0v) is 11.7. The maximum atomic E-state index is 6.20. The number of nitrogens with two attached hydrogens (primary N) is 1. The van der Waals surface area contributed by atoms with Crippen molar-refractivity contribution in [3.63, 3.8) is 0 Å². The summed E-state index contributed by atoms with van der Waals surface area (Å²) >= 11 is 2.13. The minimum Gasteiger partial charge on any atom is -0.329 e. The second kappa shape index (κ2) is 5.10. The van der Waals surface area contributed by atoms with Crippen LogP contribution in [0.15, 0.2) is 0 Å². The Kier molecular flexibility index (Phi) is 3.69. The fourth-order valence-electron chi connectivity index (χ4n) is 4.39. The Morgan fingerprint density at radius 1 is 1.18 bits per heavy atom. The lowest BCUT2D eigenvalue weighted by molar-refractivity contribution is 0.00994. The molecule has 0 bridgehead atoms. The summed E-state index contributed by atoms with van der Waals surface area (Å²) in [7, 11) is 0. The molecule has 3 unspecified atom stereocenters. The van der Waals surface area contributed by atoms with Crippen LogP contribution < -0.4 is 5.73 Å². The third kappa shape index (κ3) is 2.15. The summed E-state index contributed by atoms with van der Waals surface area (Å²) in [6, 6.07) is 0.881. The molecule has 3 fully saturated rings. The number of piperidine rings is 1. The van der Waals surface area contributed by atoms with Gasteiger partial charge in [-0.2, -0.15) is 11.8 Å². The van der Waals surface area contributed by atoms with Crippen molar-refractivity contribution >= 4 is 11.8 Å². The van der Waals surface area contributed by atoms with Crippen molar-refractivity contribution in [2.24, 2.45) is 11.7 Å². The van der Waals surface area contributed by atoms with Crippen LogP contribution in [0, 0.1) is 5.92 Å². The highest BCUT2D eigenvalue weighted by Gasteiger charge is 2.45. The molecule has 2 saturated heterocycles. The van der Waals surface area contributed by atoms with E-state index in [1.807, 2.05) is 0 Å². The van der Waals surface area contributed by atoms with E-state index in [-0.39, 0.29) is 0 Å². The van der Waals surface area contributed by atoms with Gasteiger partial charge in [-0.05, 0) is 56.7 Å². The average Bonchev–Trinajstić information content (AvgIpc) is 2.87. The average molecular weight is 254 g/mol. The number of fused-ring (bicyclic) bond motifs is 1. The SMILES string of the molecule is NCC1(N2CCCC3CCCC32)CCCSC1. The van der Waals surface area contributed by atoms with Gasteiger partial charge in [-0.1, -0.05) is 6.42 Å². The number of hydrogen-bond acceptors (Lipinski definition) is 3. The molecule has 2 aliphatic heterocycles. The molecule has 1 saturated carbocycles. The van der Waals surface area contributed by atoms with Gasteiger partial charge in [-0.25, -0.2) is 0 Å². The highest BCUT2D eigenvalue weighted by atomic mass is 32.2. The molecule has 0 amide bonds. The molecule has 3 rings (SSSR count). The lowest BCUT2D eigenvalue weighted by Crippen LogP contribution is -2.62. The molecule has 3 atom stereocenters. The summed E-state index contributed by atoms with van der Waals surface area (Å²) < 4.78 is 0. The fourth-order valence-corrected chi connectivity index (χ4v) is 5.69. The van der Waals surface area contributed by atoms with Crippen LogP contribution in [0.2, 0.25) is 0 Å². The van der Waals surface area contributed by atoms with Crippen molar-refractivity contribution < 1.29 is 0 Å². The van der Waals surface area contributed by atoms with Crippen LogP contribution in [0.4, 0.5) is 0 Å². The summed E-state index contributed by atoms with van der Waals surface area (Å²) in [5.74, 6) is 3.63. The molecule has 0 aromatic rings. The van der Waals surface area contributed by atoms with Gasteiger partial charge in [0.15, 0.2) is 0 Å². The lowest BCUT2D eigenvalue weighted by Gasteiger charge is -2.52. The van der Waals surface area contributed by atoms with Gasteiger partial charge >= 0.3 is 0 Å². The maximum absolute atomic E-state index is 6.20. The molecule has 0 aromatic heterocycles. The minimum absolute atomic E-state index is 0.358. The van der Waals surface area contributed by atoms with E-state index in [1.165, 1.54) is 63.0 Å². The second-order valence-electron chi connectivity index (χ2n) is 6.18. The van der Waals surface area contributed by atoms with Gasteiger partial charge in [-0.3, -0.25) is 4.90 Å². The van der Waals surface area contributed by atoms with E-state index < -0.39 is 0 Å². The molecule has 3 heteroatoms. The predicted octanol–water partition coefficient (Wildman–Crippen LogP) is 2.48. The van der Waals surface area contributed by atoms with Crippen molar-refractivity contribution in [1.82, 2.24) is 4.90 Å². The van der Waals surface area contributed by atoms with Gasteiger partial charge in [-0.15, -0.1) is 0 Å². The third-order valence-electron chi connectivity index (χ3n) is 5.28. The topological polar surface area (TPSA) is 29.3 Å². The predicted molar refractivity (Wildman–Crippen MR) is 75.4 cm³/mol. The molecule has 0 aromatic carbocycles. The Morgan fingerprint density at radius 2 is 2.06 bits per heavy atom. The minimum atomic E-state index is 0.358. The van der Waals surface area contributed by atoms with Crippen molar-refractivity contribution in [3.05, 3.63) is 0 Å². The van der Waals surface area contributed by atoms with Crippen molar-refractivity contribution in [2.45, 2.75) is 56.5 Å². The molecule has 17 heavy (non-hydrogen) atoms. The molecule has 0 spiro atoms. The summed E-state index contributed by atoms with van der Waals surface area (Å²) in [5.41, 5.74) is 6.55. The van der Waals surface area contributed by atoms with Gasteiger partial charge in [0.05, 0.1) is 0 Å². The van der Waals surface area contributed by atoms with Crippen molar-refractivity contribution in [3.8, 4) is 0 Å². The molecule has 0 radical (unpaired) electrons. The van der Waals surface area contributed by atoms with E-state index in [1.54, 1.807) is 0 Å². The van der Waals surface area contributed by atoms with Crippen molar-refractivity contribution in [1.29, 1.82) is 0 Å². The van der Waals surface area contributed by atoms with Crippen molar-refractivity contribution in [2.75, 3.05) is 24.6 Å². The van der Waals surface area contributed by atoms with E-state index in [4.69, 9.17) is 5.73 Å². The Hall–Kier alpha value is 0.270. The van der Waals surface area contributed by atoms with Gasteiger partial charge in [0.25, 0.3) is 0 Å². The van der Waals surface area contributed by atoms with Crippen LogP contribution in [0.1, 0.15) is 44.9 Å². The Morgan fingerprint density at radius 3 is 2.82 bits per heavy atom. The smallest absolute Gasteiger partial charge is 0.0425 e. The van der Waals surface area contributed by atoms with Gasteiger partial charge in [0.1, 0.15) is 0 Å². The molecule has 2 heterocycles. The fraction of sp³-hybridized carbons (Fsp3) is 1.00. The molecule has 2 N–H and O–H groups in total. The monoisotopic (exact) mass is 254 g/mol. The highest BCUT2D eigenvalue weighted by molar-refractivity contribution is 7.99. The standard InChI is InChI=1S/C14H26N2S/c15-10-14(7-3-9-17-11-14)16-8-2-5-12-4-1-6-13(12)16/h12-13H,1-11,15H2. The first kappa shape index (κ1) is 12.3. The second-order valence-corrected chi connectivity index (χ2v) is 7.28. The van der Waals surface area contributed by atoms with Gasteiger partial charge < -0.3 is 5.73 Å².